The predicted molar refractivity (Wildman–Crippen MR) is 112 cm³/mol. The quantitative estimate of drug-likeness (QED) is 0.515. The fourth-order valence-electron chi connectivity index (χ4n) is 3.12. The number of aromatic nitrogens is 2. The maximum Gasteiger partial charge on any atom is 0.306 e. The zero-order chi connectivity index (χ0) is 20.6. The minimum Gasteiger partial charge on any atom is -0.497 e. The van der Waals surface area contributed by atoms with Gasteiger partial charge >= 0.3 is 5.97 Å². The second-order valence-corrected chi connectivity index (χ2v) is 6.87. The van der Waals surface area contributed by atoms with Gasteiger partial charge in [-0.3, -0.25) is 9.59 Å². The van der Waals surface area contributed by atoms with Crippen molar-refractivity contribution in [2.75, 3.05) is 7.11 Å². The molecule has 0 N–H and O–H groups in total. The average molecular weight is 394 g/mol. The van der Waals surface area contributed by atoms with E-state index in [1.807, 2.05) is 48.5 Å². The lowest BCUT2D eigenvalue weighted by Crippen LogP contribution is -2.26. The number of rotatable bonds is 9. The lowest BCUT2D eigenvalue weighted by molar-refractivity contribution is -0.144. The molecule has 0 saturated heterocycles. The Kier molecular flexibility index (Phi) is 7.00. The predicted octanol–water partition coefficient (Wildman–Crippen LogP) is 3.88. The number of carbonyl (C=O) groups is 1. The molecular weight excluding hydrogens is 368 g/mol. The summed E-state index contributed by atoms with van der Waals surface area (Å²) in [6.45, 7) is 2.93. The van der Waals surface area contributed by atoms with E-state index in [1.165, 1.54) is 0 Å². The number of carbonyl (C=O) groups excluding carboxylic acids is 1. The summed E-state index contributed by atoms with van der Waals surface area (Å²) in [7, 11) is 1.60. The molecule has 0 radical (unpaired) electrons. The van der Waals surface area contributed by atoms with Crippen LogP contribution in [-0.4, -0.2) is 22.6 Å². The summed E-state index contributed by atoms with van der Waals surface area (Å²) in [6.07, 6.45) is 2.29. The van der Waals surface area contributed by atoms with Crippen LogP contribution in [0.4, 0.5) is 0 Å². The van der Waals surface area contributed by atoms with E-state index in [0.717, 1.165) is 35.2 Å². The maximum atomic E-state index is 12.9. The number of unbranched alkanes of at least 4 members (excludes halogenated alkanes) is 1. The molecule has 0 saturated carbocycles. The Bertz CT molecular complexity index is 1030. The minimum atomic E-state index is -0.352. The number of benzene rings is 2. The first-order valence-corrected chi connectivity index (χ1v) is 9.89. The molecule has 29 heavy (non-hydrogen) atoms. The van der Waals surface area contributed by atoms with Crippen LogP contribution in [0.3, 0.4) is 0 Å². The van der Waals surface area contributed by atoms with Gasteiger partial charge < -0.3 is 14.0 Å². The first kappa shape index (κ1) is 20.6. The Morgan fingerprint density at radius 1 is 1.10 bits per heavy atom. The van der Waals surface area contributed by atoms with Crippen molar-refractivity contribution in [2.24, 2.45) is 0 Å². The molecule has 1 heterocycles. The molecule has 3 aromatic rings. The summed E-state index contributed by atoms with van der Waals surface area (Å²) < 4.78 is 12.2. The van der Waals surface area contributed by atoms with E-state index in [1.54, 1.807) is 11.7 Å². The van der Waals surface area contributed by atoms with E-state index in [9.17, 15) is 9.59 Å². The van der Waals surface area contributed by atoms with Gasteiger partial charge in [0.1, 0.15) is 18.1 Å². The van der Waals surface area contributed by atoms with Gasteiger partial charge in [-0.15, -0.1) is 0 Å². The molecule has 0 atom stereocenters. The highest BCUT2D eigenvalue weighted by Gasteiger charge is 2.13. The lowest BCUT2D eigenvalue weighted by Gasteiger charge is -2.12. The van der Waals surface area contributed by atoms with Gasteiger partial charge in [0.2, 0.25) is 0 Å². The van der Waals surface area contributed by atoms with Crippen LogP contribution in [-0.2, 0) is 29.1 Å². The van der Waals surface area contributed by atoms with Gasteiger partial charge in [0, 0.05) is 13.0 Å². The molecule has 3 rings (SSSR count). The van der Waals surface area contributed by atoms with Crippen LogP contribution in [0.25, 0.3) is 11.0 Å². The molecule has 0 unspecified atom stereocenters. The van der Waals surface area contributed by atoms with Crippen molar-refractivity contribution >= 4 is 17.0 Å². The Morgan fingerprint density at radius 2 is 1.86 bits per heavy atom. The number of aryl methyl sites for hydroxylation is 2. The largest absolute Gasteiger partial charge is 0.497 e. The summed E-state index contributed by atoms with van der Waals surface area (Å²) in [5.41, 5.74) is 2.76. The third-order valence-electron chi connectivity index (χ3n) is 4.78. The minimum absolute atomic E-state index is 0.116. The van der Waals surface area contributed by atoms with Crippen LogP contribution in [0.2, 0.25) is 0 Å². The normalized spacial score (nSPS) is 10.8. The number of esters is 1. The molecule has 0 bridgehead atoms. The summed E-state index contributed by atoms with van der Waals surface area (Å²) in [5, 5.41) is 0. The second-order valence-electron chi connectivity index (χ2n) is 6.87. The number of nitrogens with zero attached hydrogens (tertiary/aromatic N) is 2. The SMILES string of the molecule is CCCCn1c(=O)c(CCC(=O)OCc2ccc(OC)cc2)nc2ccccc21. The third-order valence-corrected chi connectivity index (χ3v) is 4.78. The van der Waals surface area contributed by atoms with Gasteiger partial charge in [-0.2, -0.15) is 0 Å². The zero-order valence-corrected chi connectivity index (χ0v) is 16.9. The standard InChI is InChI=1S/C23H26N2O4/c1-3-4-15-25-21-8-6-5-7-19(21)24-20(23(25)27)13-14-22(26)29-16-17-9-11-18(28-2)12-10-17/h5-12H,3-4,13-16H2,1-2H3. The number of fused-ring (bicyclic) bond motifs is 1. The molecule has 1 aromatic heterocycles. The van der Waals surface area contributed by atoms with Crippen molar-refractivity contribution in [3.8, 4) is 5.75 Å². The summed E-state index contributed by atoms with van der Waals surface area (Å²) >= 11 is 0. The fraction of sp³-hybridized carbons (Fsp3) is 0.348. The van der Waals surface area contributed by atoms with Gasteiger partial charge in [-0.05, 0) is 36.2 Å². The van der Waals surface area contributed by atoms with E-state index in [4.69, 9.17) is 9.47 Å². The summed E-state index contributed by atoms with van der Waals surface area (Å²) in [5.74, 6) is 0.400. The van der Waals surface area contributed by atoms with Crippen molar-refractivity contribution in [1.82, 2.24) is 9.55 Å². The molecule has 2 aromatic carbocycles. The zero-order valence-electron chi connectivity index (χ0n) is 16.9. The first-order valence-electron chi connectivity index (χ1n) is 9.89. The van der Waals surface area contributed by atoms with E-state index in [2.05, 4.69) is 11.9 Å². The Morgan fingerprint density at radius 3 is 2.59 bits per heavy atom. The number of hydrogen-bond acceptors (Lipinski definition) is 5. The van der Waals surface area contributed by atoms with Gasteiger partial charge in [0.25, 0.3) is 5.56 Å². The Labute approximate surface area is 170 Å². The van der Waals surface area contributed by atoms with Gasteiger partial charge in [-0.25, -0.2) is 4.98 Å². The van der Waals surface area contributed by atoms with Crippen LogP contribution >= 0.6 is 0 Å². The van der Waals surface area contributed by atoms with Crippen molar-refractivity contribution in [2.45, 2.75) is 45.8 Å². The molecule has 0 fully saturated rings. The van der Waals surface area contributed by atoms with Crippen molar-refractivity contribution in [1.29, 1.82) is 0 Å². The highest BCUT2D eigenvalue weighted by molar-refractivity contribution is 5.75. The van der Waals surface area contributed by atoms with Gasteiger partial charge in [0.05, 0.1) is 24.6 Å². The van der Waals surface area contributed by atoms with Gasteiger partial charge in [0.15, 0.2) is 0 Å². The van der Waals surface area contributed by atoms with Crippen LogP contribution in [0.5, 0.6) is 5.75 Å². The first-order chi connectivity index (χ1) is 14.1. The molecule has 6 nitrogen and oxygen atoms in total. The Hall–Kier alpha value is -3.15. The van der Waals surface area contributed by atoms with Gasteiger partial charge in [-0.1, -0.05) is 37.6 Å². The molecular formula is C23H26N2O4. The third kappa shape index (κ3) is 5.22. The van der Waals surface area contributed by atoms with E-state index < -0.39 is 0 Å². The molecule has 0 amide bonds. The lowest BCUT2D eigenvalue weighted by atomic mass is 10.2. The summed E-state index contributed by atoms with van der Waals surface area (Å²) in [4.78, 5) is 29.5. The van der Waals surface area contributed by atoms with E-state index in [0.29, 0.717) is 12.2 Å². The number of ether oxygens (including phenoxy) is 2. The molecule has 0 spiro atoms. The number of methoxy groups -OCH3 is 1. The molecule has 6 heteroatoms. The second kappa shape index (κ2) is 9.87. The van der Waals surface area contributed by atoms with Crippen LogP contribution in [0.1, 0.15) is 37.4 Å². The topological polar surface area (TPSA) is 70.4 Å². The smallest absolute Gasteiger partial charge is 0.306 e. The summed E-state index contributed by atoms with van der Waals surface area (Å²) in [6, 6.07) is 14.9. The van der Waals surface area contributed by atoms with Crippen LogP contribution in [0, 0.1) is 0 Å². The molecule has 152 valence electrons. The highest BCUT2D eigenvalue weighted by atomic mass is 16.5. The van der Waals surface area contributed by atoms with Crippen molar-refractivity contribution < 1.29 is 14.3 Å². The van der Waals surface area contributed by atoms with E-state index in [-0.39, 0.29) is 31.0 Å². The monoisotopic (exact) mass is 394 g/mol. The van der Waals surface area contributed by atoms with E-state index >= 15 is 0 Å². The van der Waals surface area contributed by atoms with Crippen LogP contribution in [0.15, 0.2) is 53.3 Å². The van der Waals surface area contributed by atoms with Crippen LogP contribution < -0.4 is 10.3 Å². The Balaban J connectivity index is 1.66. The maximum absolute atomic E-state index is 12.9. The number of hydrogen-bond donors (Lipinski definition) is 0. The highest BCUT2D eigenvalue weighted by Crippen LogP contribution is 2.14. The van der Waals surface area contributed by atoms with Crippen molar-refractivity contribution in [3.63, 3.8) is 0 Å². The van der Waals surface area contributed by atoms with Crippen molar-refractivity contribution in [3.05, 3.63) is 70.1 Å². The molecule has 0 aliphatic carbocycles. The molecule has 0 aliphatic rings. The average Bonchev–Trinajstić information content (AvgIpc) is 2.76. The molecule has 0 aliphatic heterocycles. The number of para-hydroxylation sites is 2. The fourth-order valence-corrected chi connectivity index (χ4v) is 3.12.